The molecule has 0 bridgehead atoms. The molecule has 0 amide bonds. The van der Waals surface area contributed by atoms with Crippen LogP contribution in [0.3, 0.4) is 0 Å². The number of carbonyl (C=O) groups is 4. The van der Waals surface area contributed by atoms with Gasteiger partial charge in [-0.2, -0.15) is 0 Å². The largest absolute Gasteiger partial charge is 0.300 e. The van der Waals surface area contributed by atoms with Crippen LogP contribution in [0.4, 0.5) is 0 Å². The average molecular weight is 385 g/mol. The van der Waals surface area contributed by atoms with E-state index in [2.05, 4.69) is 0 Å². The second-order valence-electron chi connectivity index (χ2n) is 5.99. The maximum Gasteiger partial charge on any atom is 0.159 e. The number of allylic oxidation sites excluding steroid dienone is 5. The van der Waals surface area contributed by atoms with Crippen LogP contribution in [0.5, 0.6) is 0 Å². The maximum atomic E-state index is 11.4. The molecule has 28 heavy (non-hydrogen) atoms. The summed E-state index contributed by atoms with van der Waals surface area (Å²) in [7, 11) is 0. The number of rotatable bonds is 7. The van der Waals surface area contributed by atoms with Crippen LogP contribution in [0.15, 0.2) is 54.6 Å². The van der Waals surface area contributed by atoms with Crippen LogP contribution < -0.4 is 0 Å². The Kier molecular flexibility index (Phi) is 17.1. The number of Topliss-reactive ketones (excluding diaryl/α,β-unsaturated/α-hetero) is 1. The lowest BCUT2D eigenvalue weighted by Crippen LogP contribution is -1.97. The Labute approximate surface area is 169 Å². The Bertz CT molecular complexity index is 705. The molecule has 0 radical (unpaired) electrons. The van der Waals surface area contributed by atoms with E-state index in [4.69, 9.17) is 0 Å². The Balaban J connectivity index is 0. The van der Waals surface area contributed by atoms with Crippen LogP contribution >= 0.6 is 0 Å². The van der Waals surface area contributed by atoms with Gasteiger partial charge in [0.25, 0.3) is 0 Å². The third-order valence-corrected chi connectivity index (χ3v) is 3.12. The number of benzene rings is 1. The van der Waals surface area contributed by atoms with Crippen molar-refractivity contribution >= 4 is 29.2 Å². The topological polar surface area (TPSA) is 68.3 Å². The molecule has 0 saturated heterocycles. The second-order valence-corrected chi connectivity index (χ2v) is 5.99. The molecule has 1 aromatic carbocycles. The molecule has 1 rings (SSSR count). The molecule has 0 aliphatic rings. The van der Waals surface area contributed by atoms with E-state index in [1.807, 2.05) is 45.0 Å². The summed E-state index contributed by atoms with van der Waals surface area (Å²) < 4.78 is 0. The first kappa shape index (κ1) is 27.3. The minimum Gasteiger partial charge on any atom is -0.300 e. The van der Waals surface area contributed by atoms with Crippen molar-refractivity contribution in [3.05, 3.63) is 65.8 Å². The number of hydrogen-bond donors (Lipinski definition) is 0. The van der Waals surface area contributed by atoms with Gasteiger partial charge in [-0.15, -0.1) is 0 Å². The molecule has 0 saturated carbocycles. The summed E-state index contributed by atoms with van der Waals surface area (Å²) in [6, 6.07) is 7.61. The average Bonchev–Trinajstić information content (AvgIpc) is 2.62. The highest BCUT2D eigenvalue weighted by molar-refractivity contribution is 5.92. The Morgan fingerprint density at radius 1 is 0.786 bits per heavy atom. The van der Waals surface area contributed by atoms with Crippen molar-refractivity contribution in [2.24, 2.45) is 0 Å². The number of ketones is 4. The minimum absolute atomic E-state index is 0.0253. The zero-order chi connectivity index (χ0) is 21.9. The second kappa shape index (κ2) is 17.5. The van der Waals surface area contributed by atoms with Gasteiger partial charge in [0.2, 0.25) is 0 Å². The highest BCUT2D eigenvalue weighted by atomic mass is 16.1. The van der Waals surface area contributed by atoms with Gasteiger partial charge in [0, 0.05) is 12.8 Å². The van der Waals surface area contributed by atoms with Gasteiger partial charge in [0.15, 0.2) is 17.3 Å². The fourth-order valence-corrected chi connectivity index (χ4v) is 1.64. The van der Waals surface area contributed by atoms with Crippen molar-refractivity contribution < 1.29 is 19.2 Å². The molecule has 152 valence electrons. The lowest BCUT2D eigenvalue weighted by atomic mass is 10.1. The zero-order valence-electron chi connectivity index (χ0n) is 17.8. The van der Waals surface area contributed by atoms with Crippen LogP contribution in [0.1, 0.15) is 59.1 Å². The van der Waals surface area contributed by atoms with Crippen molar-refractivity contribution in [3.8, 4) is 0 Å². The highest BCUT2D eigenvalue weighted by Crippen LogP contribution is 2.07. The Morgan fingerprint density at radius 3 is 1.57 bits per heavy atom. The molecular weight excluding hydrogens is 352 g/mol. The van der Waals surface area contributed by atoms with Crippen molar-refractivity contribution in [3.63, 3.8) is 0 Å². The first-order valence-corrected chi connectivity index (χ1v) is 9.22. The van der Waals surface area contributed by atoms with Crippen molar-refractivity contribution in [1.82, 2.24) is 0 Å². The van der Waals surface area contributed by atoms with Crippen LogP contribution in [-0.2, 0) is 25.6 Å². The molecule has 4 nitrogen and oxygen atoms in total. The standard InChI is InChI=1S/C15H16O2.C5H8O.C4H8O/c1-3-4-15(17)11-14-9-7-13(8-10-14)6-5-12(2)16;1-3-4-5(2)6;1-3-4(2)5/h3-10H,11H2,1-2H3;3-4H,1-2H3;3H2,1-2H3/b4-3+,6-5+;4-3+;. The molecule has 0 fully saturated rings. The van der Waals surface area contributed by atoms with E-state index in [-0.39, 0.29) is 23.1 Å². The molecular formula is C24H32O4. The lowest BCUT2D eigenvalue weighted by molar-refractivity contribution is -0.117. The van der Waals surface area contributed by atoms with Gasteiger partial charge in [-0.1, -0.05) is 49.4 Å². The summed E-state index contributed by atoms with van der Waals surface area (Å²) in [5, 5.41) is 0. The van der Waals surface area contributed by atoms with E-state index in [1.54, 1.807) is 31.2 Å². The van der Waals surface area contributed by atoms with Gasteiger partial charge in [-0.05, 0) is 64.0 Å². The molecule has 0 aliphatic heterocycles. The molecule has 0 unspecified atom stereocenters. The quantitative estimate of drug-likeness (QED) is 0.612. The van der Waals surface area contributed by atoms with E-state index < -0.39 is 0 Å². The fraction of sp³-hybridized carbons (Fsp3) is 0.333. The molecule has 0 aromatic heterocycles. The summed E-state index contributed by atoms with van der Waals surface area (Å²) in [6.45, 7) is 10.1. The predicted molar refractivity (Wildman–Crippen MR) is 116 cm³/mol. The predicted octanol–water partition coefficient (Wildman–Crippen LogP) is 5.11. The van der Waals surface area contributed by atoms with Crippen LogP contribution in [0, 0.1) is 0 Å². The van der Waals surface area contributed by atoms with Gasteiger partial charge >= 0.3 is 0 Å². The van der Waals surface area contributed by atoms with Gasteiger partial charge in [-0.25, -0.2) is 0 Å². The Morgan fingerprint density at radius 2 is 1.25 bits per heavy atom. The molecule has 0 heterocycles. The van der Waals surface area contributed by atoms with Gasteiger partial charge in [0.1, 0.15) is 5.78 Å². The van der Waals surface area contributed by atoms with E-state index in [9.17, 15) is 19.2 Å². The minimum atomic E-state index is 0.0253. The van der Waals surface area contributed by atoms with Crippen LogP contribution in [-0.4, -0.2) is 23.1 Å². The zero-order valence-corrected chi connectivity index (χ0v) is 17.8. The Hall–Kier alpha value is -2.88. The van der Waals surface area contributed by atoms with Crippen molar-refractivity contribution in [1.29, 1.82) is 0 Å². The third-order valence-electron chi connectivity index (χ3n) is 3.12. The van der Waals surface area contributed by atoms with Crippen LogP contribution in [0.25, 0.3) is 6.08 Å². The summed E-state index contributed by atoms with van der Waals surface area (Å²) in [5.74, 6) is 0.486. The smallest absolute Gasteiger partial charge is 0.159 e. The molecule has 1 aromatic rings. The fourth-order valence-electron chi connectivity index (χ4n) is 1.64. The molecule has 0 N–H and O–H groups in total. The van der Waals surface area contributed by atoms with Gasteiger partial charge in [-0.3, -0.25) is 14.4 Å². The molecule has 0 aliphatic carbocycles. The summed E-state index contributed by atoms with van der Waals surface area (Å²) in [6.07, 6.45) is 10.9. The van der Waals surface area contributed by atoms with E-state index in [0.29, 0.717) is 12.8 Å². The van der Waals surface area contributed by atoms with Gasteiger partial charge in [0.05, 0.1) is 0 Å². The highest BCUT2D eigenvalue weighted by Gasteiger charge is 1.98. The SMILES string of the molecule is C/C=C/C(=O)Cc1ccc(/C=C/C(C)=O)cc1.C/C=C/C(C)=O.CCC(C)=O. The number of hydrogen-bond acceptors (Lipinski definition) is 4. The first-order chi connectivity index (χ1) is 13.2. The number of carbonyl (C=O) groups excluding carboxylic acids is 4. The van der Waals surface area contributed by atoms with Gasteiger partial charge < -0.3 is 4.79 Å². The van der Waals surface area contributed by atoms with Crippen molar-refractivity contribution in [2.75, 3.05) is 0 Å². The van der Waals surface area contributed by atoms with E-state index in [1.165, 1.54) is 26.0 Å². The summed E-state index contributed by atoms with van der Waals surface area (Å²) in [4.78, 5) is 41.9. The third kappa shape index (κ3) is 19.4. The summed E-state index contributed by atoms with van der Waals surface area (Å²) in [5.41, 5.74) is 1.94. The lowest BCUT2D eigenvalue weighted by Gasteiger charge is -1.98. The van der Waals surface area contributed by atoms with E-state index in [0.717, 1.165) is 11.1 Å². The normalized spacial score (nSPS) is 10.2. The maximum absolute atomic E-state index is 11.4. The first-order valence-electron chi connectivity index (χ1n) is 9.22. The van der Waals surface area contributed by atoms with Crippen molar-refractivity contribution in [2.45, 2.75) is 54.4 Å². The monoisotopic (exact) mass is 384 g/mol. The summed E-state index contributed by atoms with van der Waals surface area (Å²) >= 11 is 0. The van der Waals surface area contributed by atoms with E-state index >= 15 is 0 Å². The molecule has 4 heteroatoms. The molecule has 0 atom stereocenters. The van der Waals surface area contributed by atoms with Crippen LogP contribution in [0.2, 0.25) is 0 Å². The molecule has 0 spiro atoms.